The van der Waals surface area contributed by atoms with Crippen LogP contribution in [0.3, 0.4) is 0 Å². The summed E-state index contributed by atoms with van der Waals surface area (Å²) in [6, 6.07) is 17.1. The number of rotatable bonds is 5. The van der Waals surface area contributed by atoms with Crippen LogP contribution in [0.1, 0.15) is 39.4 Å². The maximum Gasteiger partial charge on any atom is 0.338 e. The summed E-state index contributed by atoms with van der Waals surface area (Å²) in [7, 11) is 0. The molecule has 0 bridgehead atoms. The number of hydrogen-bond donors (Lipinski definition) is 0. The van der Waals surface area contributed by atoms with Crippen molar-refractivity contribution in [2.45, 2.75) is 17.6 Å². The van der Waals surface area contributed by atoms with E-state index in [9.17, 15) is 4.79 Å². The highest BCUT2D eigenvalue weighted by molar-refractivity contribution is 8.19. The van der Waals surface area contributed by atoms with Crippen molar-refractivity contribution < 1.29 is 13.9 Å². The Hall–Kier alpha value is -2.25. The van der Waals surface area contributed by atoms with E-state index < -0.39 is 12.1 Å². The number of esters is 1. The lowest BCUT2D eigenvalue weighted by Gasteiger charge is -2.11. The molecule has 2 heterocycles. The number of nitrogens with zero attached hydrogens (tertiary/aromatic N) is 2. The average Bonchev–Trinajstić information content (AvgIpc) is 3.41. The molecule has 0 radical (unpaired) electrons. The zero-order valence-electron chi connectivity index (χ0n) is 14.7. The van der Waals surface area contributed by atoms with Gasteiger partial charge in [0.2, 0.25) is 5.89 Å². The second-order valence-electron chi connectivity index (χ2n) is 6.05. The van der Waals surface area contributed by atoms with Gasteiger partial charge in [-0.05, 0) is 36.8 Å². The Labute approximate surface area is 165 Å². The highest BCUT2D eigenvalue weighted by Gasteiger charge is 2.21. The molecule has 1 aromatic heterocycles. The van der Waals surface area contributed by atoms with Gasteiger partial charge >= 0.3 is 5.97 Å². The topological polar surface area (TPSA) is 65.2 Å². The van der Waals surface area contributed by atoms with Crippen molar-refractivity contribution in [1.82, 2.24) is 10.2 Å². The predicted octanol–water partition coefficient (Wildman–Crippen LogP) is 5.13. The Bertz CT molecular complexity index is 906. The first-order valence-electron chi connectivity index (χ1n) is 8.63. The molecule has 5 nitrogen and oxygen atoms in total. The summed E-state index contributed by atoms with van der Waals surface area (Å²) in [5.41, 5.74) is 2.57. The molecule has 1 saturated heterocycles. The normalized spacial score (nSPS) is 15.6. The predicted molar refractivity (Wildman–Crippen MR) is 108 cm³/mol. The molecule has 0 amide bonds. The highest BCUT2D eigenvalue weighted by Crippen LogP contribution is 2.45. The molecule has 27 heavy (non-hydrogen) atoms. The summed E-state index contributed by atoms with van der Waals surface area (Å²) in [6.45, 7) is 1.72. The first-order chi connectivity index (χ1) is 13.2. The number of thioether (sulfide) groups is 2. The van der Waals surface area contributed by atoms with Crippen LogP contribution >= 0.6 is 23.5 Å². The molecule has 3 aromatic rings. The quantitative estimate of drug-likeness (QED) is 0.552. The zero-order chi connectivity index (χ0) is 18.6. The van der Waals surface area contributed by atoms with Crippen molar-refractivity contribution in [3.05, 3.63) is 71.6 Å². The fourth-order valence-corrected chi connectivity index (χ4v) is 5.56. The summed E-state index contributed by atoms with van der Waals surface area (Å²) in [5, 5.41) is 8.04. The minimum Gasteiger partial charge on any atom is -0.449 e. The summed E-state index contributed by atoms with van der Waals surface area (Å²) >= 11 is 3.87. The van der Waals surface area contributed by atoms with Crippen LogP contribution < -0.4 is 0 Å². The fourth-order valence-electron chi connectivity index (χ4n) is 2.70. The summed E-state index contributed by atoms with van der Waals surface area (Å²) in [4.78, 5) is 12.4. The summed E-state index contributed by atoms with van der Waals surface area (Å²) < 4.78 is 11.6. The van der Waals surface area contributed by atoms with Crippen LogP contribution in [0.5, 0.6) is 0 Å². The Morgan fingerprint density at radius 1 is 1.07 bits per heavy atom. The first kappa shape index (κ1) is 18.1. The molecule has 7 heteroatoms. The number of ether oxygens (including phenoxy) is 1. The minimum absolute atomic E-state index is 0.276. The van der Waals surface area contributed by atoms with E-state index in [0.29, 0.717) is 16.0 Å². The third-order valence-corrected chi connectivity index (χ3v) is 7.24. The zero-order valence-corrected chi connectivity index (χ0v) is 16.3. The molecule has 0 aliphatic carbocycles. The molecule has 4 rings (SSSR count). The maximum atomic E-state index is 12.4. The number of hydrogen-bond acceptors (Lipinski definition) is 7. The molecule has 0 spiro atoms. The molecule has 138 valence electrons. The minimum atomic E-state index is -0.622. The van der Waals surface area contributed by atoms with Gasteiger partial charge in [0.05, 0.1) is 10.1 Å². The van der Waals surface area contributed by atoms with E-state index in [1.54, 1.807) is 6.92 Å². The summed E-state index contributed by atoms with van der Waals surface area (Å²) in [6.07, 6.45) is -0.622. The van der Waals surface area contributed by atoms with Crippen LogP contribution in [-0.4, -0.2) is 27.7 Å². The molecule has 1 aliphatic rings. The van der Waals surface area contributed by atoms with E-state index in [-0.39, 0.29) is 5.89 Å². The van der Waals surface area contributed by atoms with Crippen LogP contribution in [0, 0.1) is 0 Å². The Morgan fingerprint density at radius 2 is 1.78 bits per heavy atom. The van der Waals surface area contributed by atoms with E-state index in [2.05, 4.69) is 10.2 Å². The van der Waals surface area contributed by atoms with E-state index in [0.717, 1.165) is 5.56 Å². The lowest BCUT2D eigenvalue weighted by Crippen LogP contribution is -2.09. The van der Waals surface area contributed by atoms with Crippen LogP contribution in [0.25, 0.3) is 11.5 Å². The largest absolute Gasteiger partial charge is 0.449 e. The van der Waals surface area contributed by atoms with Crippen molar-refractivity contribution in [2.24, 2.45) is 0 Å². The third kappa shape index (κ3) is 4.20. The van der Waals surface area contributed by atoms with Gasteiger partial charge in [-0.3, -0.25) is 0 Å². The van der Waals surface area contributed by atoms with E-state index in [1.807, 2.05) is 78.1 Å². The second-order valence-corrected chi connectivity index (χ2v) is 8.78. The lowest BCUT2D eigenvalue weighted by atomic mass is 10.1. The molecule has 1 aliphatic heterocycles. The van der Waals surface area contributed by atoms with Gasteiger partial charge in [-0.15, -0.1) is 33.7 Å². The van der Waals surface area contributed by atoms with Crippen molar-refractivity contribution >= 4 is 29.5 Å². The molecular formula is C20H18N2O3S2. The van der Waals surface area contributed by atoms with Gasteiger partial charge in [0.25, 0.3) is 5.89 Å². The monoisotopic (exact) mass is 398 g/mol. The molecule has 1 atom stereocenters. The van der Waals surface area contributed by atoms with E-state index >= 15 is 0 Å². The van der Waals surface area contributed by atoms with Gasteiger partial charge in [-0.1, -0.05) is 30.3 Å². The van der Waals surface area contributed by atoms with Crippen LogP contribution in [-0.2, 0) is 4.74 Å². The van der Waals surface area contributed by atoms with Crippen molar-refractivity contribution in [2.75, 3.05) is 11.5 Å². The number of aromatic nitrogens is 2. The maximum absolute atomic E-state index is 12.4. The number of benzene rings is 2. The van der Waals surface area contributed by atoms with Gasteiger partial charge in [0.1, 0.15) is 0 Å². The van der Waals surface area contributed by atoms with Crippen molar-refractivity contribution in [3.8, 4) is 11.5 Å². The van der Waals surface area contributed by atoms with Crippen molar-refractivity contribution in [3.63, 3.8) is 0 Å². The van der Waals surface area contributed by atoms with Crippen LogP contribution in [0.2, 0.25) is 0 Å². The molecule has 2 aromatic carbocycles. The van der Waals surface area contributed by atoms with Gasteiger partial charge in [-0.25, -0.2) is 4.79 Å². The van der Waals surface area contributed by atoms with E-state index in [4.69, 9.17) is 9.15 Å². The number of carbonyl (C=O) groups excluding carboxylic acids is 1. The standard InChI is InChI=1S/C20H18N2O3S2/c1-13(17-21-22-18(25-17)14-5-3-2-4-6-14)24-19(23)15-7-9-16(10-8-15)20-26-11-12-27-20/h2-10,13,20H,11-12H2,1H3/t13-/m1/s1. The first-order valence-corrected chi connectivity index (χ1v) is 10.7. The van der Waals surface area contributed by atoms with Crippen LogP contribution in [0.4, 0.5) is 0 Å². The second kappa shape index (κ2) is 8.19. The smallest absolute Gasteiger partial charge is 0.338 e. The Balaban J connectivity index is 1.41. The average molecular weight is 399 g/mol. The SMILES string of the molecule is C[C@@H](OC(=O)c1ccc(C2SCCS2)cc1)c1nnc(-c2ccccc2)o1. The lowest BCUT2D eigenvalue weighted by molar-refractivity contribution is 0.0280. The molecule has 0 N–H and O–H groups in total. The highest BCUT2D eigenvalue weighted by atomic mass is 32.2. The van der Waals surface area contributed by atoms with Gasteiger partial charge < -0.3 is 9.15 Å². The third-order valence-electron chi connectivity index (χ3n) is 4.13. The van der Waals surface area contributed by atoms with Gasteiger partial charge in [-0.2, -0.15) is 0 Å². The number of carbonyl (C=O) groups is 1. The molecule has 0 unspecified atom stereocenters. The molecular weight excluding hydrogens is 380 g/mol. The molecule has 1 fully saturated rings. The molecule has 0 saturated carbocycles. The van der Waals surface area contributed by atoms with Gasteiger partial charge in [0.15, 0.2) is 6.10 Å². The Morgan fingerprint density at radius 3 is 2.48 bits per heavy atom. The van der Waals surface area contributed by atoms with E-state index in [1.165, 1.54) is 17.1 Å². The Kier molecular flexibility index (Phi) is 5.50. The fraction of sp³-hybridized carbons (Fsp3) is 0.250. The van der Waals surface area contributed by atoms with Crippen LogP contribution in [0.15, 0.2) is 59.0 Å². The van der Waals surface area contributed by atoms with Gasteiger partial charge in [0, 0.05) is 17.1 Å². The van der Waals surface area contributed by atoms with Crippen molar-refractivity contribution in [1.29, 1.82) is 0 Å². The summed E-state index contributed by atoms with van der Waals surface area (Å²) in [5.74, 6) is 2.62.